The normalized spacial score (nSPS) is 26.4. The van der Waals surface area contributed by atoms with E-state index in [9.17, 15) is 9.50 Å². The molecule has 2 saturated heterocycles. The zero-order valence-electron chi connectivity index (χ0n) is 19.0. The molecule has 2 N–H and O–H groups in total. The van der Waals surface area contributed by atoms with E-state index in [1.54, 1.807) is 36.5 Å². The summed E-state index contributed by atoms with van der Waals surface area (Å²) in [5.74, 6) is 0.0828. The second-order valence-corrected chi connectivity index (χ2v) is 9.80. The molecule has 9 heteroatoms. The Hall–Kier alpha value is -3.07. The van der Waals surface area contributed by atoms with Gasteiger partial charge in [0.15, 0.2) is 0 Å². The van der Waals surface area contributed by atoms with Gasteiger partial charge in [-0.25, -0.2) is 13.8 Å². The maximum atomic E-state index is 15.4. The summed E-state index contributed by atoms with van der Waals surface area (Å²) >= 11 is 0. The van der Waals surface area contributed by atoms with Crippen molar-refractivity contribution >= 4 is 5.82 Å². The maximum Gasteiger partial charge on any atom is 0.147 e. The van der Waals surface area contributed by atoms with Crippen LogP contribution in [0.3, 0.4) is 0 Å². The lowest BCUT2D eigenvalue weighted by molar-refractivity contribution is 0.157. The van der Waals surface area contributed by atoms with Gasteiger partial charge in [-0.2, -0.15) is 5.10 Å². The first-order chi connectivity index (χ1) is 16.5. The van der Waals surface area contributed by atoms with E-state index in [-0.39, 0.29) is 35.0 Å². The topological polar surface area (TPSA) is 79.1 Å². The number of aromatic hydroxyl groups is 1. The van der Waals surface area contributed by atoms with Crippen LogP contribution in [0.15, 0.2) is 36.9 Å². The molecule has 1 saturated carbocycles. The molecule has 0 amide bonds. The van der Waals surface area contributed by atoms with Gasteiger partial charge in [0, 0.05) is 48.1 Å². The molecule has 4 heterocycles. The molecule has 0 radical (unpaired) electrons. The third-order valence-corrected chi connectivity index (χ3v) is 7.66. The first kappa shape index (κ1) is 21.5. The van der Waals surface area contributed by atoms with Gasteiger partial charge >= 0.3 is 0 Å². The summed E-state index contributed by atoms with van der Waals surface area (Å²) in [5, 5.41) is 18.1. The number of rotatable bonds is 5. The van der Waals surface area contributed by atoms with Crippen LogP contribution in [-0.2, 0) is 7.05 Å². The van der Waals surface area contributed by atoms with Gasteiger partial charge in [-0.05, 0) is 50.7 Å². The minimum absolute atomic E-state index is 0.0862. The number of hydrogen-bond acceptors (Lipinski definition) is 6. The summed E-state index contributed by atoms with van der Waals surface area (Å²) in [6.07, 6.45) is 11.3. The fourth-order valence-corrected chi connectivity index (χ4v) is 5.68. The summed E-state index contributed by atoms with van der Waals surface area (Å²) in [4.78, 5) is 11.3. The lowest BCUT2D eigenvalue weighted by Crippen LogP contribution is -2.60. The van der Waals surface area contributed by atoms with E-state index < -0.39 is 12.0 Å². The van der Waals surface area contributed by atoms with E-state index >= 15 is 4.39 Å². The minimum Gasteiger partial charge on any atom is -0.507 e. The zero-order valence-corrected chi connectivity index (χ0v) is 19.0. The molecule has 1 aliphatic carbocycles. The standard InChI is InChI=1S/C25H28F2N6O/c1-32-13-14(10-30-32)17-9-23(34)18(8-19(17)26)21-11-29-24(12-28-21)33(16-3-2-4-16)22-7-15-5-6-20(31-15)25(22)27/h8-13,15-16,20,22,25,31,34H,2-7H2,1H3/t15-,20+,22-,25+/m0/s1. The Balaban J connectivity index is 1.30. The van der Waals surface area contributed by atoms with Gasteiger partial charge < -0.3 is 15.3 Å². The molecule has 2 aliphatic heterocycles. The molecule has 178 valence electrons. The molecule has 0 spiro atoms. The number of phenolic OH excluding ortho intramolecular Hbond substituents is 1. The number of alkyl halides is 1. The Labute approximate surface area is 196 Å². The van der Waals surface area contributed by atoms with Crippen molar-refractivity contribution in [2.45, 2.75) is 68.9 Å². The number of nitrogens with zero attached hydrogens (tertiary/aromatic N) is 5. The molecule has 3 fully saturated rings. The number of aryl methyl sites for hydroxylation is 1. The first-order valence-electron chi connectivity index (χ1n) is 12.0. The van der Waals surface area contributed by atoms with Crippen LogP contribution in [0.5, 0.6) is 5.75 Å². The van der Waals surface area contributed by atoms with Crippen molar-refractivity contribution in [3.63, 3.8) is 0 Å². The second-order valence-electron chi connectivity index (χ2n) is 9.80. The van der Waals surface area contributed by atoms with Crippen LogP contribution in [0, 0.1) is 5.82 Å². The van der Waals surface area contributed by atoms with E-state index in [0.29, 0.717) is 23.1 Å². The van der Waals surface area contributed by atoms with Gasteiger partial charge in [0.05, 0.1) is 30.3 Å². The van der Waals surface area contributed by atoms with Crippen molar-refractivity contribution in [1.29, 1.82) is 0 Å². The number of benzene rings is 1. The fourth-order valence-electron chi connectivity index (χ4n) is 5.68. The quantitative estimate of drug-likeness (QED) is 0.592. The smallest absolute Gasteiger partial charge is 0.147 e. The summed E-state index contributed by atoms with van der Waals surface area (Å²) < 4.78 is 31.9. The van der Waals surface area contributed by atoms with Gasteiger partial charge in [-0.3, -0.25) is 9.67 Å². The minimum atomic E-state index is -0.945. The lowest BCUT2D eigenvalue weighted by atomic mass is 9.87. The number of piperidine rings is 1. The Bertz CT molecular complexity index is 1190. The highest BCUT2D eigenvalue weighted by Crippen LogP contribution is 2.39. The van der Waals surface area contributed by atoms with Crippen LogP contribution in [0.25, 0.3) is 22.4 Å². The Kier molecular flexibility index (Phi) is 5.24. The molecule has 2 aromatic heterocycles. The van der Waals surface area contributed by atoms with Gasteiger partial charge in [0.1, 0.15) is 23.6 Å². The highest BCUT2D eigenvalue weighted by molar-refractivity contribution is 5.74. The van der Waals surface area contributed by atoms with E-state index in [1.807, 2.05) is 0 Å². The molecule has 34 heavy (non-hydrogen) atoms. The number of nitrogens with one attached hydrogen (secondary N) is 1. The maximum absolute atomic E-state index is 15.4. The van der Waals surface area contributed by atoms with Crippen molar-refractivity contribution in [2.75, 3.05) is 4.90 Å². The van der Waals surface area contributed by atoms with Gasteiger partial charge in [-0.15, -0.1) is 0 Å². The van der Waals surface area contributed by atoms with E-state index in [1.165, 1.54) is 12.1 Å². The van der Waals surface area contributed by atoms with Crippen molar-refractivity contribution in [3.05, 3.63) is 42.7 Å². The molecule has 1 aromatic carbocycles. The van der Waals surface area contributed by atoms with Crippen LogP contribution < -0.4 is 10.2 Å². The zero-order chi connectivity index (χ0) is 23.4. The number of anilines is 1. The molecule has 3 aliphatic rings. The van der Waals surface area contributed by atoms with E-state index in [0.717, 1.165) is 38.5 Å². The SMILES string of the molecule is Cn1cc(-c2cc(O)c(-c3cnc(N(C4CCC4)[C@H]4C[C@@H]5CC[C@@H](N5)[C@H]4F)cn3)cc2F)cn1. The van der Waals surface area contributed by atoms with Crippen molar-refractivity contribution in [3.8, 4) is 28.1 Å². The predicted octanol–water partition coefficient (Wildman–Crippen LogP) is 3.98. The third kappa shape index (κ3) is 3.62. The second kappa shape index (κ2) is 8.30. The Morgan fingerprint density at radius 2 is 1.94 bits per heavy atom. The fraction of sp³-hybridized carbons (Fsp3) is 0.480. The number of phenols is 1. The van der Waals surface area contributed by atoms with Crippen LogP contribution in [0.2, 0.25) is 0 Å². The predicted molar refractivity (Wildman–Crippen MR) is 125 cm³/mol. The van der Waals surface area contributed by atoms with Crippen LogP contribution >= 0.6 is 0 Å². The Morgan fingerprint density at radius 1 is 1.09 bits per heavy atom. The number of hydrogen-bond donors (Lipinski definition) is 2. The summed E-state index contributed by atoms with van der Waals surface area (Å²) in [5.41, 5.74) is 1.48. The lowest BCUT2D eigenvalue weighted by Gasteiger charge is -2.47. The Morgan fingerprint density at radius 3 is 2.62 bits per heavy atom. The van der Waals surface area contributed by atoms with Crippen molar-refractivity contribution in [2.24, 2.45) is 7.05 Å². The van der Waals surface area contributed by atoms with Crippen LogP contribution in [0.1, 0.15) is 38.5 Å². The third-order valence-electron chi connectivity index (χ3n) is 7.66. The molecule has 4 atom stereocenters. The first-order valence-corrected chi connectivity index (χ1v) is 12.0. The van der Waals surface area contributed by atoms with Crippen LogP contribution in [-0.4, -0.2) is 55.2 Å². The molecule has 7 nitrogen and oxygen atoms in total. The van der Waals surface area contributed by atoms with E-state index in [4.69, 9.17) is 0 Å². The summed E-state index contributed by atoms with van der Waals surface area (Å²) in [6.45, 7) is 0. The largest absolute Gasteiger partial charge is 0.507 e. The molecular weight excluding hydrogens is 438 g/mol. The van der Waals surface area contributed by atoms with Gasteiger partial charge in [-0.1, -0.05) is 0 Å². The van der Waals surface area contributed by atoms with Gasteiger partial charge in [0.2, 0.25) is 0 Å². The van der Waals surface area contributed by atoms with Crippen molar-refractivity contribution < 1.29 is 13.9 Å². The molecule has 0 unspecified atom stereocenters. The monoisotopic (exact) mass is 466 g/mol. The van der Waals surface area contributed by atoms with Crippen molar-refractivity contribution in [1.82, 2.24) is 25.1 Å². The molecule has 3 aromatic rings. The van der Waals surface area contributed by atoms with E-state index in [2.05, 4.69) is 25.3 Å². The highest BCUT2D eigenvalue weighted by atomic mass is 19.1. The average Bonchev–Trinajstić information content (AvgIpc) is 3.41. The average molecular weight is 467 g/mol. The number of fused-ring (bicyclic) bond motifs is 2. The molecular formula is C25H28F2N6O. The molecule has 2 bridgehead atoms. The highest BCUT2D eigenvalue weighted by Gasteiger charge is 2.47. The molecule has 6 rings (SSSR count). The van der Waals surface area contributed by atoms with Crippen LogP contribution in [0.4, 0.5) is 14.6 Å². The summed E-state index contributed by atoms with van der Waals surface area (Å²) in [6, 6.07) is 2.98. The number of aromatic nitrogens is 4. The van der Waals surface area contributed by atoms with Gasteiger partial charge in [0.25, 0.3) is 0 Å². The summed E-state index contributed by atoms with van der Waals surface area (Å²) in [7, 11) is 1.75. The number of halogens is 2.